The third kappa shape index (κ3) is 14.7. The van der Waals surface area contributed by atoms with Crippen LogP contribution in [0.2, 0.25) is 10.1 Å². The number of aliphatic hydroxyl groups is 1. The van der Waals surface area contributed by atoms with Gasteiger partial charge in [-0.25, -0.2) is 0 Å². The second kappa shape index (κ2) is 30.0. The molecule has 85 heavy (non-hydrogen) atoms. The van der Waals surface area contributed by atoms with E-state index in [0.29, 0.717) is 35.5 Å². The largest absolute Gasteiger partial charge is 0.496 e. The average molecular weight is 1180 g/mol. The smallest absolute Gasteiger partial charge is 0.261 e. The van der Waals surface area contributed by atoms with E-state index < -0.39 is 16.6 Å². The SMILES string of the molecule is C.CCCCC[C@H](C)CC[C@@H]1[C@H]2Cc3cccc(OC)c3C[C@H]2C[C@H]1O[Si](c1ccccc1)(c1ccccc1)C(C)(C)C.CCCCC[C@H](O)CC[C@@H]1[C@H]2Cc3cccc(OC)c3C[C@H]2C[C@H]1O[Si](c1ccccc1)(c1ccccc1)C(C)(C)C. The normalized spacial score (nSPS) is 22.5. The maximum Gasteiger partial charge on any atom is 0.261 e. The molecule has 5 nitrogen and oxygen atoms in total. The van der Waals surface area contributed by atoms with E-state index in [4.69, 9.17) is 18.3 Å². The molecule has 10 rings (SSSR count). The molecule has 0 heterocycles. The number of rotatable bonds is 24. The maximum atomic E-state index is 11.0. The van der Waals surface area contributed by atoms with Gasteiger partial charge in [-0.15, -0.1) is 0 Å². The Morgan fingerprint density at radius 3 is 1.18 bits per heavy atom. The van der Waals surface area contributed by atoms with Crippen molar-refractivity contribution in [3.05, 3.63) is 180 Å². The number of fused-ring (bicyclic) bond motifs is 4. The fraction of sp³-hybridized carbons (Fsp3) is 0.538. The first-order valence-electron chi connectivity index (χ1n) is 33.1. The molecule has 6 aromatic carbocycles. The molecule has 2 fully saturated rings. The first-order valence-corrected chi connectivity index (χ1v) is 36.9. The van der Waals surface area contributed by atoms with Crippen LogP contribution >= 0.6 is 0 Å². The van der Waals surface area contributed by atoms with Gasteiger partial charge in [-0.3, -0.25) is 0 Å². The van der Waals surface area contributed by atoms with Crippen LogP contribution in [0.25, 0.3) is 0 Å². The fourth-order valence-corrected chi connectivity index (χ4v) is 26.0. The van der Waals surface area contributed by atoms with Gasteiger partial charge in [0.05, 0.1) is 20.3 Å². The minimum Gasteiger partial charge on any atom is -0.496 e. The van der Waals surface area contributed by atoms with Gasteiger partial charge in [0.1, 0.15) is 11.5 Å². The Hall–Kier alpha value is -4.77. The molecule has 4 aliphatic carbocycles. The summed E-state index contributed by atoms with van der Waals surface area (Å²) in [7, 11) is -1.69. The van der Waals surface area contributed by atoms with Crippen LogP contribution in [0.4, 0.5) is 0 Å². The van der Waals surface area contributed by atoms with Crippen LogP contribution in [0, 0.1) is 41.4 Å². The van der Waals surface area contributed by atoms with Gasteiger partial charge in [0.25, 0.3) is 16.6 Å². The van der Waals surface area contributed by atoms with Crippen LogP contribution in [0.1, 0.15) is 182 Å². The Balaban J connectivity index is 0.000000219. The van der Waals surface area contributed by atoms with Crippen molar-refractivity contribution in [1.29, 1.82) is 0 Å². The van der Waals surface area contributed by atoms with Gasteiger partial charge in [0.15, 0.2) is 0 Å². The lowest BCUT2D eigenvalue weighted by Gasteiger charge is -2.46. The molecule has 1 N–H and O–H groups in total. The van der Waals surface area contributed by atoms with Crippen LogP contribution in [-0.2, 0) is 34.5 Å². The molecule has 0 spiro atoms. The van der Waals surface area contributed by atoms with Crippen molar-refractivity contribution in [1.82, 2.24) is 0 Å². The highest BCUT2D eigenvalue weighted by Crippen LogP contribution is 2.54. The minimum atomic E-state index is -2.69. The van der Waals surface area contributed by atoms with Crippen LogP contribution in [0.3, 0.4) is 0 Å². The number of benzene rings is 6. The lowest BCUT2D eigenvalue weighted by atomic mass is 9.73. The highest BCUT2D eigenvalue weighted by atomic mass is 28.4. The monoisotopic (exact) mass is 1180 g/mol. The van der Waals surface area contributed by atoms with Crippen molar-refractivity contribution in [2.75, 3.05) is 14.2 Å². The number of hydrogen-bond donors (Lipinski definition) is 1. The van der Waals surface area contributed by atoms with E-state index in [1.165, 1.54) is 94.4 Å². The summed E-state index contributed by atoms with van der Waals surface area (Å²) in [5.74, 6) is 6.36. The zero-order valence-corrected chi connectivity index (χ0v) is 55.6. The second-order valence-corrected chi connectivity index (χ2v) is 36.7. The van der Waals surface area contributed by atoms with Crippen LogP contribution < -0.4 is 30.2 Å². The molecule has 7 heteroatoms. The summed E-state index contributed by atoms with van der Waals surface area (Å²) in [6.07, 6.45) is 21.1. The quantitative estimate of drug-likeness (QED) is 0.0483. The number of hydrogen-bond acceptors (Lipinski definition) is 5. The van der Waals surface area contributed by atoms with E-state index in [1.54, 1.807) is 7.11 Å². The second-order valence-electron chi connectivity index (χ2n) is 28.2. The predicted molar refractivity (Wildman–Crippen MR) is 365 cm³/mol. The number of unbranched alkanes of at least 4 members (excludes halogenated alkanes) is 4. The van der Waals surface area contributed by atoms with E-state index in [2.05, 4.69) is 220 Å². The molecule has 2 saturated carbocycles. The number of ether oxygens (including phenoxy) is 2. The van der Waals surface area contributed by atoms with Gasteiger partial charge >= 0.3 is 0 Å². The van der Waals surface area contributed by atoms with E-state index in [0.717, 1.165) is 81.6 Å². The third-order valence-corrected chi connectivity index (χ3v) is 31.0. The molecule has 0 saturated heterocycles. The molecule has 0 amide bonds. The van der Waals surface area contributed by atoms with Gasteiger partial charge in [-0.05, 0) is 171 Å². The van der Waals surface area contributed by atoms with E-state index in [-0.39, 0.29) is 35.8 Å². The lowest BCUT2D eigenvalue weighted by molar-refractivity contribution is 0.0949. The fourth-order valence-electron chi connectivity index (χ4n) is 16.6. The van der Waals surface area contributed by atoms with Crippen LogP contribution in [0.15, 0.2) is 158 Å². The summed E-state index contributed by atoms with van der Waals surface area (Å²) in [5, 5.41) is 16.4. The highest BCUT2D eigenvalue weighted by molar-refractivity contribution is 7.00. The van der Waals surface area contributed by atoms with E-state index in [1.807, 2.05) is 7.11 Å². The van der Waals surface area contributed by atoms with Crippen molar-refractivity contribution < 1.29 is 23.4 Å². The summed E-state index contributed by atoms with van der Waals surface area (Å²) >= 11 is 0. The third-order valence-electron chi connectivity index (χ3n) is 20.8. The summed E-state index contributed by atoms with van der Waals surface area (Å²) in [6.45, 7) is 21.4. The molecule has 0 aliphatic heterocycles. The summed E-state index contributed by atoms with van der Waals surface area (Å²) in [6, 6.07) is 58.0. The van der Waals surface area contributed by atoms with Gasteiger partial charge < -0.3 is 23.4 Å². The van der Waals surface area contributed by atoms with Crippen molar-refractivity contribution >= 4 is 37.4 Å². The Labute approximate surface area is 518 Å². The van der Waals surface area contributed by atoms with Crippen molar-refractivity contribution in [3.8, 4) is 11.5 Å². The Morgan fingerprint density at radius 2 is 0.824 bits per heavy atom. The van der Waals surface area contributed by atoms with Gasteiger partial charge in [0.2, 0.25) is 0 Å². The van der Waals surface area contributed by atoms with Gasteiger partial charge in [-0.1, -0.05) is 267 Å². The molecule has 0 unspecified atom stereocenters. The highest BCUT2D eigenvalue weighted by Gasteiger charge is 2.57. The molecule has 10 atom stereocenters. The molecular formula is C78H110O5Si2. The first-order chi connectivity index (χ1) is 40.6. The maximum absolute atomic E-state index is 11.0. The number of aliphatic hydroxyl groups excluding tert-OH is 1. The standard InChI is InChI=1S/C39H54O2Si.C38H52O3Si.CH4/c1-7-8-11-17-29(2)24-25-34-35-26-30-18-16-23-37(40-6)36(30)27-31(35)28-38(34)41-42(39(3,4)5,32-19-12-9-13-20-32)33-21-14-10-15-22-33;1-6-7-10-17-30(39)23-24-33-34-25-28-16-15-22-36(40-5)35(28)26-29(34)27-37(33)41-42(38(2,3)4,31-18-11-8-12-19-31)32-20-13-9-14-21-32;/h9-10,12-16,18-23,29,31,34-35,38H,7-8,11,17,24-28H2,1-6H3;8-9,11-16,18-22,29-30,33-34,37,39H,6-7,10,17,23-27H2,1-5H3;1H4/t29-,31-,34+,35-,38+;29-,30-,33+,34-,37+;/m00./s1. The minimum absolute atomic E-state index is 0. The lowest BCUT2D eigenvalue weighted by Crippen LogP contribution is -2.68. The zero-order valence-electron chi connectivity index (χ0n) is 53.6. The Bertz CT molecular complexity index is 2650. The van der Waals surface area contributed by atoms with Crippen molar-refractivity contribution in [2.45, 2.75) is 214 Å². The molecule has 0 radical (unpaired) electrons. The molecular weight excluding hydrogens is 1070 g/mol. The van der Waals surface area contributed by atoms with Crippen molar-refractivity contribution in [2.24, 2.45) is 41.4 Å². The van der Waals surface area contributed by atoms with E-state index >= 15 is 0 Å². The molecule has 0 bridgehead atoms. The van der Waals surface area contributed by atoms with Crippen LogP contribution in [-0.4, -0.2) is 54.3 Å². The molecule has 460 valence electrons. The predicted octanol–water partition coefficient (Wildman–Crippen LogP) is 17.3. The summed E-state index contributed by atoms with van der Waals surface area (Å²) in [4.78, 5) is 0. The van der Waals surface area contributed by atoms with Crippen LogP contribution in [0.5, 0.6) is 11.5 Å². The van der Waals surface area contributed by atoms with Gasteiger partial charge in [0, 0.05) is 12.2 Å². The topological polar surface area (TPSA) is 57.2 Å². The Kier molecular flexibility index (Phi) is 23.3. The van der Waals surface area contributed by atoms with E-state index in [9.17, 15) is 5.11 Å². The molecule has 0 aromatic heterocycles. The average Bonchev–Trinajstić information content (AvgIpc) is 2.79. The van der Waals surface area contributed by atoms with Gasteiger partial charge in [-0.2, -0.15) is 0 Å². The molecule has 6 aromatic rings. The first kappa shape index (κ1) is 66.2. The summed E-state index contributed by atoms with van der Waals surface area (Å²) in [5.41, 5.74) is 5.78. The zero-order chi connectivity index (χ0) is 59.5. The Morgan fingerprint density at radius 1 is 0.459 bits per heavy atom. The molecule has 4 aliphatic rings. The number of methoxy groups -OCH3 is 2. The van der Waals surface area contributed by atoms with Crippen molar-refractivity contribution in [3.63, 3.8) is 0 Å². The summed E-state index contributed by atoms with van der Waals surface area (Å²) < 4.78 is 27.5.